The predicted octanol–water partition coefficient (Wildman–Crippen LogP) is 2.68. The summed E-state index contributed by atoms with van der Waals surface area (Å²) in [7, 11) is 0. The molecular formula is C19H16F2N4O3S. The van der Waals surface area contributed by atoms with Crippen LogP contribution in [0.2, 0.25) is 0 Å². The number of hydrogen-bond acceptors (Lipinski definition) is 5. The zero-order valence-electron chi connectivity index (χ0n) is 15.0. The molecule has 2 aromatic rings. The first kappa shape index (κ1) is 20.5. The molecule has 0 unspecified atom stereocenters. The van der Waals surface area contributed by atoms with Gasteiger partial charge in [0.1, 0.15) is 16.9 Å². The third-order valence-electron chi connectivity index (χ3n) is 3.98. The minimum Gasteiger partial charge on any atom is -0.351 e. The molecule has 10 heteroatoms. The number of nitrogens with zero attached hydrogens (tertiary/aromatic N) is 2. The monoisotopic (exact) mass is 418 g/mol. The number of halogens is 2. The number of amides is 4. The van der Waals surface area contributed by atoms with Gasteiger partial charge in [-0.2, -0.15) is 0 Å². The number of amidine groups is 1. The van der Waals surface area contributed by atoms with E-state index in [9.17, 15) is 23.2 Å². The minimum absolute atomic E-state index is 0.107. The van der Waals surface area contributed by atoms with Crippen LogP contribution in [0, 0.1) is 11.6 Å². The summed E-state index contributed by atoms with van der Waals surface area (Å²) in [5.41, 5.74) is 6.01. The normalized spacial score (nSPS) is 18.0. The van der Waals surface area contributed by atoms with Crippen molar-refractivity contribution < 1.29 is 23.2 Å². The quantitative estimate of drug-likeness (QED) is 0.796. The molecule has 4 amide bonds. The van der Waals surface area contributed by atoms with Crippen LogP contribution in [0.5, 0.6) is 0 Å². The summed E-state index contributed by atoms with van der Waals surface area (Å²) >= 11 is 0.982. The van der Waals surface area contributed by atoms with Crippen LogP contribution < -0.4 is 11.1 Å². The maximum absolute atomic E-state index is 13.2. The highest BCUT2D eigenvalue weighted by Crippen LogP contribution is 2.30. The predicted molar refractivity (Wildman–Crippen MR) is 104 cm³/mol. The molecule has 29 heavy (non-hydrogen) atoms. The largest absolute Gasteiger partial charge is 0.351 e. The van der Waals surface area contributed by atoms with Gasteiger partial charge in [0.2, 0.25) is 11.8 Å². The number of thioether (sulfide) groups is 1. The van der Waals surface area contributed by atoms with Gasteiger partial charge in [-0.3, -0.25) is 19.8 Å². The Morgan fingerprint density at radius 2 is 1.69 bits per heavy atom. The fourth-order valence-electron chi connectivity index (χ4n) is 2.60. The van der Waals surface area contributed by atoms with E-state index in [-0.39, 0.29) is 18.1 Å². The second kappa shape index (κ2) is 8.82. The van der Waals surface area contributed by atoms with Crippen LogP contribution in [0.15, 0.2) is 53.5 Å². The molecule has 7 nitrogen and oxygen atoms in total. The standard InChI is InChI=1S/C19H16F2N4O3S/c20-12-3-1-11(2-4-12)10-25-16(26)9-15(17(27)24-18(22)28)29-19(25)23-14-7-5-13(21)6-8-14/h1-8,15H,9-10H2,(H3,22,24,27,28)/t15-/m0/s1. The van der Waals surface area contributed by atoms with E-state index in [1.807, 2.05) is 5.32 Å². The lowest BCUT2D eigenvalue weighted by Crippen LogP contribution is -2.48. The molecule has 1 atom stereocenters. The summed E-state index contributed by atoms with van der Waals surface area (Å²) in [5.74, 6) is -1.96. The van der Waals surface area contributed by atoms with Gasteiger partial charge in [0.15, 0.2) is 5.17 Å². The maximum Gasteiger partial charge on any atom is 0.318 e. The number of nitrogens with two attached hydrogens (primary N) is 1. The Bertz CT molecular complexity index is 964. The highest BCUT2D eigenvalue weighted by Gasteiger charge is 2.36. The van der Waals surface area contributed by atoms with E-state index < -0.39 is 34.7 Å². The van der Waals surface area contributed by atoms with Crippen molar-refractivity contribution in [1.29, 1.82) is 0 Å². The van der Waals surface area contributed by atoms with Gasteiger partial charge in [0.25, 0.3) is 0 Å². The van der Waals surface area contributed by atoms with Crippen molar-refractivity contribution in [3.8, 4) is 0 Å². The molecule has 2 aromatic carbocycles. The average Bonchev–Trinajstić information content (AvgIpc) is 2.67. The number of urea groups is 1. The van der Waals surface area contributed by atoms with Crippen molar-refractivity contribution in [1.82, 2.24) is 10.2 Å². The second-order valence-electron chi connectivity index (χ2n) is 6.14. The summed E-state index contributed by atoms with van der Waals surface area (Å²) in [5, 5.41) is 1.25. The van der Waals surface area contributed by atoms with E-state index in [1.54, 1.807) is 0 Å². The van der Waals surface area contributed by atoms with Crippen molar-refractivity contribution in [3.05, 3.63) is 65.7 Å². The van der Waals surface area contributed by atoms with Crippen molar-refractivity contribution in [3.63, 3.8) is 0 Å². The molecule has 1 heterocycles. The Hall–Kier alpha value is -3.27. The number of carbonyl (C=O) groups excluding carboxylic acids is 3. The Balaban J connectivity index is 1.90. The fourth-order valence-corrected chi connectivity index (χ4v) is 3.70. The molecule has 150 valence electrons. The summed E-state index contributed by atoms with van der Waals surface area (Å²) in [6, 6.07) is 9.89. The maximum atomic E-state index is 13.2. The number of rotatable bonds is 4. The molecule has 3 N–H and O–H groups in total. The summed E-state index contributed by atoms with van der Waals surface area (Å²) in [6.45, 7) is 0.107. The summed E-state index contributed by atoms with van der Waals surface area (Å²) in [6.07, 6.45) is -0.173. The van der Waals surface area contributed by atoms with E-state index in [0.717, 1.165) is 11.8 Å². The number of aliphatic imine (C=N–C) groups is 1. The van der Waals surface area contributed by atoms with Crippen molar-refractivity contribution >= 4 is 40.5 Å². The molecular weight excluding hydrogens is 402 g/mol. The van der Waals surface area contributed by atoms with Crippen LogP contribution in [0.4, 0.5) is 19.3 Å². The number of primary amides is 1. The van der Waals surface area contributed by atoms with Gasteiger partial charge in [0.05, 0.1) is 12.2 Å². The highest BCUT2D eigenvalue weighted by molar-refractivity contribution is 8.15. The first-order chi connectivity index (χ1) is 13.8. The molecule has 1 saturated heterocycles. The van der Waals surface area contributed by atoms with Gasteiger partial charge < -0.3 is 5.73 Å². The minimum atomic E-state index is -1.02. The van der Waals surface area contributed by atoms with Gasteiger partial charge in [0, 0.05) is 6.42 Å². The second-order valence-corrected chi connectivity index (χ2v) is 7.31. The van der Waals surface area contributed by atoms with Crippen LogP contribution in [0.3, 0.4) is 0 Å². The zero-order valence-corrected chi connectivity index (χ0v) is 15.8. The zero-order chi connectivity index (χ0) is 21.0. The third kappa shape index (κ3) is 5.38. The van der Waals surface area contributed by atoms with E-state index in [1.165, 1.54) is 53.4 Å². The molecule has 0 aliphatic carbocycles. The number of nitrogens with one attached hydrogen (secondary N) is 1. The molecule has 1 fully saturated rings. The lowest BCUT2D eigenvalue weighted by molar-refractivity contribution is -0.130. The van der Waals surface area contributed by atoms with Gasteiger partial charge >= 0.3 is 6.03 Å². The summed E-state index contributed by atoms with van der Waals surface area (Å²) in [4.78, 5) is 41.6. The molecule has 0 bridgehead atoms. The molecule has 0 saturated carbocycles. The van der Waals surface area contributed by atoms with Crippen LogP contribution in [-0.4, -0.2) is 33.2 Å². The summed E-state index contributed by atoms with van der Waals surface area (Å²) < 4.78 is 26.3. The van der Waals surface area contributed by atoms with Crippen molar-refractivity contribution in [2.45, 2.75) is 18.2 Å². The SMILES string of the molecule is NC(=O)NC(=O)[C@@H]1CC(=O)N(Cc2ccc(F)cc2)C(=Nc2ccc(F)cc2)S1. The molecule has 1 aliphatic rings. The number of benzene rings is 2. The van der Waals surface area contributed by atoms with Crippen LogP contribution >= 0.6 is 11.8 Å². The van der Waals surface area contributed by atoms with Gasteiger partial charge in [-0.05, 0) is 42.0 Å². The first-order valence-corrected chi connectivity index (χ1v) is 9.36. The smallest absolute Gasteiger partial charge is 0.318 e. The number of carbonyl (C=O) groups is 3. The van der Waals surface area contributed by atoms with Crippen LogP contribution in [0.25, 0.3) is 0 Å². The van der Waals surface area contributed by atoms with E-state index in [4.69, 9.17) is 5.73 Å². The Morgan fingerprint density at radius 1 is 1.10 bits per heavy atom. The molecule has 0 aromatic heterocycles. The van der Waals surface area contributed by atoms with E-state index >= 15 is 0 Å². The first-order valence-electron chi connectivity index (χ1n) is 8.48. The number of imide groups is 1. The fraction of sp³-hybridized carbons (Fsp3) is 0.158. The highest BCUT2D eigenvalue weighted by atomic mass is 32.2. The van der Waals surface area contributed by atoms with Crippen molar-refractivity contribution in [2.75, 3.05) is 0 Å². The molecule has 0 radical (unpaired) electrons. The Morgan fingerprint density at radius 3 is 2.28 bits per heavy atom. The van der Waals surface area contributed by atoms with Gasteiger partial charge in [-0.25, -0.2) is 18.6 Å². The average molecular weight is 418 g/mol. The topological polar surface area (TPSA) is 105 Å². The molecule has 1 aliphatic heterocycles. The number of hydrogen-bond donors (Lipinski definition) is 2. The van der Waals surface area contributed by atoms with E-state index in [0.29, 0.717) is 11.3 Å². The van der Waals surface area contributed by atoms with Gasteiger partial charge in [-0.1, -0.05) is 23.9 Å². The Labute approximate surface area is 169 Å². The van der Waals surface area contributed by atoms with Crippen molar-refractivity contribution in [2.24, 2.45) is 10.7 Å². The lowest BCUT2D eigenvalue weighted by atomic mass is 10.2. The lowest BCUT2D eigenvalue weighted by Gasteiger charge is -2.31. The third-order valence-corrected chi connectivity index (χ3v) is 5.17. The molecule has 3 rings (SSSR count). The van der Waals surface area contributed by atoms with E-state index in [2.05, 4.69) is 4.99 Å². The van der Waals surface area contributed by atoms with Crippen LogP contribution in [-0.2, 0) is 16.1 Å². The van der Waals surface area contributed by atoms with Gasteiger partial charge in [-0.15, -0.1) is 0 Å². The Kier molecular flexibility index (Phi) is 6.23. The molecule has 0 spiro atoms. The van der Waals surface area contributed by atoms with Crippen LogP contribution in [0.1, 0.15) is 12.0 Å².